The lowest BCUT2D eigenvalue weighted by Crippen LogP contribution is -2.32. The first-order valence-corrected chi connectivity index (χ1v) is 7.74. The van der Waals surface area contributed by atoms with Gasteiger partial charge in [-0.15, -0.1) is 0 Å². The number of rotatable bonds is 4. The first-order chi connectivity index (χ1) is 11.1. The Bertz CT molecular complexity index is 721. The smallest absolute Gasteiger partial charge is 0.227 e. The number of carbonyl (C=O) groups excluding carboxylic acids is 2. The van der Waals surface area contributed by atoms with Crippen molar-refractivity contribution in [3.05, 3.63) is 59.4 Å². The molecule has 1 aromatic carbocycles. The van der Waals surface area contributed by atoms with E-state index in [9.17, 15) is 9.59 Å². The number of aromatic nitrogens is 1. The standard InChI is InChI=1S/C17H16ClN3O2/c18-14-5-1-2-6-15(14)21-11-13(8-16(21)22)17(23)20-10-12-4-3-7-19-9-12/h1-7,9,13H,8,10-11H2,(H,20,23). The molecule has 1 atom stereocenters. The van der Waals surface area contributed by atoms with Crippen LogP contribution in [0.4, 0.5) is 5.69 Å². The maximum atomic E-state index is 12.3. The summed E-state index contributed by atoms with van der Waals surface area (Å²) in [7, 11) is 0. The molecule has 0 bridgehead atoms. The SMILES string of the molecule is O=C(NCc1cccnc1)C1CC(=O)N(c2ccccc2Cl)C1. The minimum atomic E-state index is -0.365. The summed E-state index contributed by atoms with van der Waals surface area (Å²) in [4.78, 5) is 30.1. The Kier molecular flexibility index (Phi) is 4.57. The summed E-state index contributed by atoms with van der Waals surface area (Å²) in [6.07, 6.45) is 3.59. The van der Waals surface area contributed by atoms with Crippen LogP contribution in [-0.4, -0.2) is 23.3 Å². The lowest BCUT2D eigenvalue weighted by Gasteiger charge is -2.18. The van der Waals surface area contributed by atoms with Gasteiger partial charge in [0.2, 0.25) is 11.8 Å². The number of nitrogens with zero attached hydrogens (tertiary/aromatic N) is 2. The molecule has 2 aromatic rings. The van der Waals surface area contributed by atoms with Gasteiger partial charge in [-0.1, -0.05) is 29.8 Å². The molecular formula is C17H16ClN3O2. The molecule has 1 unspecified atom stereocenters. The van der Waals surface area contributed by atoms with Gasteiger partial charge in [0.05, 0.1) is 16.6 Å². The highest BCUT2D eigenvalue weighted by atomic mass is 35.5. The van der Waals surface area contributed by atoms with Crippen LogP contribution in [-0.2, 0) is 16.1 Å². The minimum Gasteiger partial charge on any atom is -0.352 e. The number of carbonyl (C=O) groups is 2. The van der Waals surface area contributed by atoms with E-state index in [0.29, 0.717) is 23.8 Å². The lowest BCUT2D eigenvalue weighted by molar-refractivity contribution is -0.126. The second-order valence-corrected chi connectivity index (χ2v) is 5.84. The van der Waals surface area contributed by atoms with Gasteiger partial charge < -0.3 is 10.2 Å². The molecule has 6 heteroatoms. The van der Waals surface area contributed by atoms with Gasteiger partial charge in [0.1, 0.15) is 0 Å². The topological polar surface area (TPSA) is 62.3 Å². The number of benzene rings is 1. The molecule has 1 saturated heterocycles. The predicted octanol–water partition coefficient (Wildman–Crippen LogP) is 2.40. The molecule has 23 heavy (non-hydrogen) atoms. The third-order valence-corrected chi connectivity index (χ3v) is 4.15. The monoisotopic (exact) mass is 329 g/mol. The average Bonchev–Trinajstić information content (AvgIpc) is 2.96. The largest absolute Gasteiger partial charge is 0.352 e. The van der Waals surface area contributed by atoms with E-state index in [2.05, 4.69) is 10.3 Å². The van der Waals surface area contributed by atoms with E-state index in [1.807, 2.05) is 24.3 Å². The maximum absolute atomic E-state index is 12.3. The highest BCUT2D eigenvalue weighted by molar-refractivity contribution is 6.33. The number of pyridine rings is 1. The van der Waals surface area contributed by atoms with Gasteiger partial charge in [-0.25, -0.2) is 0 Å². The second kappa shape index (κ2) is 6.79. The summed E-state index contributed by atoms with van der Waals surface area (Å²) in [6.45, 7) is 0.755. The Morgan fingerprint density at radius 2 is 2.13 bits per heavy atom. The van der Waals surface area contributed by atoms with Crippen molar-refractivity contribution in [2.24, 2.45) is 5.92 Å². The predicted molar refractivity (Wildman–Crippen MR) is 88.0 cm³/mol. The van der Waals surface area contributed by atoms with Crippen LogP contribution in [0.3, 0.4) is 0 Å². The molecule has 5 nitrogen and oxygen atoms in total. The second-order valence-electron chi connectivity index (χ2n) is 5.44. The van der Waals surface area contributed by atoms with Crippen LogP contribution < -0.4 is 10.2 Å². The summed E-state index contributed by atoms with van der Waals surface area (Å²) in [5.74, 6) is -0.577. The van der Waals surface area contributed by atoms with E-state index < -0.39 is 0 Å². The Balaban J connectivity index is 1.63. The summed E-state index contributed by atoms with van der Waals surface area (Å²) >= 11 is 6.14. The van der Waals surface area contributed by atoms with E-state index in [1.165, 1.54) is 0 Å². The third-order valence-electron chi connectivity index (χ3n) is 3.83. The van der Waals surface area contributed by atoms with Crippen molar-refractivity contribution >= 4 is 29.1 Å². The fraction of sp³-hybridized carbons (Fsp3) is 0.235. The molecule has 0 saturated carbocycles. The van der Waals surface area contributed by atoms with Crippen LogP contribution >= 0.6 is 11.6 Å². The van der Waals surface area contributed by atoms with E-state index >= 15 is 0 Å². The summed E-state index contributed by atoms with van der Waals surface area (Å²) in [5, 5.41) is 3.37. The van der Waals surface area contributed by atoms with Crippen molar-refractivity contribution in [2.45, 2.75) is 13.0 Å². The zero-order chi connectivity index (χ0) is 16.2. The first-order valence-electron chi connectivity index (χ1n) is 7.36. The zero-order valence-corrected chi connectivity index (χ0v) is 13.2. The quantitative estimate of drug-likeness (QED) is 0.937. The lowest BCUT2D eigenvalue weighted by atomic mass is 10.1. The van der Waals surface area contributed by atoms with Gasteiger partial charge in [0.15, 0.2) is 0 Å². The number of hydrogen-bond acceptors (Lipinski definition) is 3. The van der Waals surface area contributed by atoms with Gasteiger partial charge in [0, 0.05) is 31.9 Å². The minimum absolute atomic E-state index is 0.0837. The van der Waals surface area contributed by atoms with Crippen LogP contribution in [0.2, 0.25) is 5.02 Å². The molecule has 2 amide bonds. The molecule has 1 N–H and O–H groups in total. The summed E-state index contributed by atoms with van der Waals surface area (Å²) in [6, 6.07) is 10.9. The van der Waals surface area contributed by atoms with Crippen LogP contribution in [0.5, 0.6) is 0 Å². The first kappa shape index (κ1) is 15.5. The third kappa shape index (κ3) is 3.51. The van der Waals surface area contributed by atoms with Gasteiger partial charge in [-0.3, -0.25) is 14.6 Å². The molecule has 0 radical (unpaired) electrons. The molecule has 2 heterocycles. The number of anilines is 1. The number of para-hydroxylation sites is 1. The highest BCUT2D eigenvalue weighted by Crippen LogP contribution is 2.30. The fourth-order valence-corrected chi connectivity index (χ4v) is 2.86. The molecule has 1 aromatic heterocycles. The molecule has 0 spiro atoms. The van der Waals surface area contributed by atoms with Crippen LogP contribution in [0.25, 0.3) is 0 Å². The number of hydrogen-bond donors (Lipinski definition) is 1. The Morgan fingerprint density at radius 1 is 1.30 bits per heavy atom. The van der Waals surface area contributed by atoms with Crippen LogP contribution in [0.15, 0.2) is 48.8 Å². The van der Waals surface area contributed by atoms with Crippen LogP contribution in [0, 0.1) is 5.92 Å². The van der Waals surface area contributed by atoms with E-state index in [-0.39, 0.29) is 24.2 Å². The highest BCUT2D eigenvalue weighted by Gasteiger charge is 2.35. The van der Waals surface area contributed by atoms with E-state index in [0.717, 1.165) is 5.56 Å². The Morgan fingerprint density at radius 3 is 2.87 bits per heavy atom. The average molecular weight is 330 g/mol. The molecule has 1 fully saturated rings. The van der Waals surface area contributed by atoms with Gasteiger partial charge in [-0.05, 0) is 23.8 Å². The van der Waals surface area contributed by atoms with Crippen molar-refractivity contribution in [1.82, 2.24) is 10.3 Å². The van der Waals surface area contributed by atoms with Gasteiger partial charge >= 0.3 is 0 Å². The van der Waals surface area contributed by atoms with Crippen molar-refractivity contribution in [3.63, 3.8) is 0 Å². The number of halogens is 1. The molecule has 3 rings (SSSR count). The van der Waals surface area contributed by atoms with Crippen molar-refractivity contribution in [3.8, 4) is 0 Å². The van der Waals surface area contributed by atoms with Crippen molar-refractivity contribution < 1.29 is 9.59 Å². The van der Waals surface area contributed by atoms with E-state index in [1.54, 1.807) is 29.4 Å². The van der Waals surface area contributed by atoms with E-state index in [4.69, 9.17) is 11.6 Å². The normalized spacial score (nSPS) is 17.3. The maximum Gasteiger partial charge on any atom is 0.227 e. The Hall–Kier alpha value is -2.40. The molecule has 0 aliphatic carbocycles. The molecular weight excluding hydrogens is 314 g/mol. The number of amides is 2. The summed E-state index contributed by atoms with van der Waals surface area (Å²) in [5.41, 5.74) is 1.58. The Labute approximate surface area is 139 Å². The zero-order valence-electron chi connectivity index (χ0n) is 12.4. The summed E-state index contributed by atoms with van der Waals surface area (Å²) < 4.78 is 0. The van der Waals surface area contributed by atoms with Crippen molar-refractivity contribution in [2.75, 3.05) is 11.4 Å². The molecule has 118 valence electrons. The van der Waals surface area contributed by atoms with Crippen LogP contribution in [0.1, 0.15) is 12.0 Å². The fourth-order valence-electron chi connectivity index (χ4n) is 2.62. The van der Waals surface area contributed by atoms with Crippen molar-refractivity contribution in [1.29, 1.82) is 0 Å². The van der Waals surface area contributed by atoms with Gasteiger partial charge in [0.25, 0.3) is 0 Å². The molecule has 1 aliphatic heterocycles. The van der Waals surface area contributed by atoms with Gasteiger partial charge in [-0.2, -0.15) is 0 Å². The number of nitrogens with one attached hydrogen (secondary N) is 1. The molecule has 1 aliphatic rings.